The van der Waals surface area contributed by atoms with Crippen molar-refractivity contribution in [2.24, 2.45) is 0 Å². The molecule has 1 aromatic heterocycles. The molecule has 1 N–H and O–H groups in total. The number of aryl methyl sites for hydroxylation is 2. The first-order valence-corrected chi connectivity index (χ1v) is 8.69. The summed E-state index contributed by atoms with van der Waals surface area (Å²) in [5, 5.41) is 2.83. The average Bonchev–Trinajstić information content (AvgIpc) is 2.66. The highest BCUT2D eigenvalue weighted by Crippen LogP contribution is 2.17. The quantitative estimate of drug-likeness (QED) is 0.751. The molecule has 0 aliphatic rings. The predicted octanol–water partition coefficient (Wildman–Crippen LogP) is 3.77. The van der Waals surface area contributed by atoms with Gasteiger partial charge in [0.05, 0.1) is 13.7 Å². The standard InChI is InChI=1S/C22H22N2O3/c1-15-6-11-20(16(2)13-15)23-21(25)19-5-4-12-24(22(19)26)14-17-7-9-18(27-3)10-8-17/h4-13H,14H2,1-3H3,(H,23,25). The van der Waals surface area contributed by atoms with Crippen molar-refractivity contribution < 1.29 is 9.53 Å². The zero-order chi connectivity index (χ0) is 19.4. The van der Waals surface area contributed by atoms with Gasteiger partial charge in [-0.2, -0.15) is 0 Å². The highest BCUT2D eigenvalue weighted by atomic mass is 16.5. The molecule has 0 fully saturated rings. The molecule has 5 heteroatoms. The van der Waals surface area contributed by atoms with Gasteiger partial charge in [-0.25, -0.2) is 0 Å². The smallest absolute Gasteiger partial charge is 0.263 e. The molecule has 0 radical (unpaired) electrons. The number of hydrogen-bond acceptors (Lipinski definition) is 3. The number of rotatable bonds is 5. The average molecular weight is 362 g/mol. The lowest BCUT2D eigenvalue weighted by atomic mass is 10.1. The Hall–Kier alpha value is -3.34. The van der Waals surface area contributed by atoms with Gasteiger partial charge in [0.2, 0.25) is 0 Å². The van der Waals surface area contributed by atoms with E-state index in [2.05, 4.69) is 5.32 Å². The third-order valence-corrected chi connectivity index (χ3v) is 4.41. The maximum Gasteiger partial charge on any atom is 0.263 e. The summed E-state index contributed by atoms with van der Waals surface area (Å²) in [6, 6.07) is 16.5. The van der Waals surface area contributed by atoms with Crippen LogP contribution in [0.1, 0.15) is 27.0 Å². The largest absolute Gasteiger partial charge is 0.497 e. The molecule has 3 aromatic rings. The van der Waals surface area contributed by atoms with E-state index in [1.54, 1.807) is 25.4 Å². The van der Waals surface area contributed by atoms with Crippen molar-refractivity contribution in [2.45, 2.75) is 20.4 Å². The van der Waals surface area contributed by atoms with Crippen LogP contribution in [0.25, 0.3) is 0 Å². The van der Waals surface area contributed by atoms with E-state index in [4.69, 9.17) is 4.74 Å². The number of hydrogen-bond donors (Lipinski definition) is 1. The lowest BCUT2D eigenvalue weighted by molar-refractivity contribution is 0.102. The molecule has 0 saturated heterocycles. The monoisotopic (exact) mass is 362 g/mol. The van der Waals surface area contributed by atoms with Gasteiger partial charge in [0.1, 0.15) is 11.3 Å². The molecule has 1 amide bonds. The van der Waals surface area contributed by atoms with E-state index in [0.717, 1.165) is 22.4 Å². The normalized spacial score (nSPS) is 10.5. The number of amides is 1. The minimum atomic E-state index is -0.406. The van der Waals surface area contributed by atoms with Crippen molar-refractivity contribution >= 4 is 11.6 Å². The molecule has 2 aromatic carbocycles. The first kappa shape index (κ1) is 18.5. The molecule has 0 unspecified atom stereocenters. The molecule has 27 heavy (non-hydrogen) atoms. The van der Waals surface area contributed by atoms with Gasteiger partial charge in [0.25, 0.3) is 11.5 Å². The number of nitrogens with zero attached hydrogens (tertiary/aromatic N) is 1. The Balaban J connectivity index is 1.83. The maximum absolute atomic E-state index is 12.7. The fourth-order valence-electron chi connectivity index (χ4n) is 2.91. The van der Waals surface area contributed by atoms with Crippen LogP contribution in [-0.2, 0) is 6.54 Å². The van der Waals surface area contributed by atoms with Crippen LogP contribution < -0.4 is 15.6 Å². The number of carbonyl (C=O) groups excluding carboxylic acids is 1. The fourth-order valence-corrected chi connectivity index (χ4v) is 2.91. The first-order chi connectivity index (χ1) is 13.0. The Bertz CT molecular complexity index is 1020. The second-order valence-electron chi connectivity index (χ2n) is 6.48. The van der Waals surface area contributed by atoms with Crippen LogP contribution in [0.2, 0.25) is 0 Å². The number of methoxy groups -OCH3 is 1. The van der Waals surface area contributed by atoms with Gasteiger partial charge in [-0.15, -0.1) is 0 Å². The third-order valence-electron chi connectivity index (χ3n) is 4.41. The highest BCUT2D eigenvalue weighted by Gasteiger charge is 2.13. The molecule has 3 rings (SSSR count). The van der Waals surface area contributed by atoms with E-state index in [9.17, 15) is 9.59 Å². The second-order valence-corrected chi connectivity index (χ2v) is 6.48. The summed E-state index contributed by atoms with van der Waals surface area (Å²) in [6.45, 7) is 4.30. The summed E-state index contributed by atoms with van der Waals surface area (Å²) in [6.07, 6.45) is 1.68. The molecule has 0 saturated carbocycles. The maximum atomic E-state index is 12.7. The van der Waals surface area contributed by atoms with Crippen molar-refractivity contribution in [1.29, 1.82) is 0 Å². The van der Waals surface area contributed by atoms with E-state index in [0.29, 0.717) is 12.2 Å². The summed E-state index contributed by atoms with van der Waals surface area (Å²) in [5.41, 5.74) is 3.52. The van der Waals surface area contributed by atoms with Gasteiger partial charge in [0.15, 0.2) is 0 Å². The second kappa shape index (κ2) is 7.91. The zero-order valence-electron chi connectivity index (χ0n) is 15.7. The van der Waals surface area contributed by atoms with Crippen molar-refractivity contribution in [3.63, 3.8) is 0 Å². The van der Waals surface area contributed by atoms with Crippen LogP contribution in [-0.4, -0.2) is 17.6 Å². The van der Waals surface area contributed by atoms with E-state index >= 15 is 0 Å². The SMILES string of the molecule is COc1ccc(Cn2cccc(C(=O)Nc3ccc(C)cc3C)c2=O)cc1. The molecule has 0 aliphatic heterocycles. The van der Waals surface area contributed by atoms with Crippen molar-refractivity contribution in [3.05, 3.63) is 93.4 Å². The predicted molar refractivity (Wildman–Crippen MR) is 107 cm³/mol. The van der Waals surface area contributed by atoms with E-state index in [-0.39, 0.29) is 11.1 Å². The Kier molecular flexibility index (Phi) is 5.41. The summed E-state index contributed by atoms with van der Waals surface area (Å²) < 4.78 is 6.67. The summed E-state index contributed by atoms with van der Waals surface area (Å²) in [4.78, 5) is 25.4. The molecular weight excluding hydrogens is 340 g/mol. The van der Waals surface area contributed by atoms with Crippen molar-refractivity contribution in [2.75, 3.05) is 12.4 Å². The molecule has 1 heterocycles. The van der Waals surface area contributed by atoms with Crippen molar-refractivity contribution in [3.8, 4) is 5.75 Å². The van der Waals surface area contributed by atoms with Crippen LogP contribution in [0.4, 0.5) is 5.69 Å². The number of anilines is 1. The summed E-state index contributed by atoms with van der Waals surface area (Å²) in [7, 11) is 1.61. The minimum absolute atomic E-state index is 0.117. The molecule has 0 bridgehead atoms. The Morgan fingerprint density at radius 1 is 1.07 bits per heavy atom. The van der Waals surface area contributed by atoms with Gasteiger partial charge in [-0.1, -0.05) is 29.8 Å². The van der Waals surface area contributed by atoms with E-state index in [1.807, 2.05) is 56.3 Å². The first-order valence-electron chi connectivity index (χ1n) is 8.69. The lowest BCUT2D eigenvalue weighted by Crippen LogP contribution is -2.29. The number of ether oxygens (including phenoxy) is 1. The van der Waals surface area contributed by atoms with Crippen LogP contribution in [0.3, 0.4) is 0 Å². The molecule has 138 valence electrons. The highest BCUT2D eigenvalue weighted by molar-refractivity contribution is 6.04. The van der Waals surface area contributed by atoms with Gasteiger partial charge in [-0.3, -0.25) is 9.59 Å². The van der Waals surface area contributed by atoms with Gasteiger partial charge in [0, 0.05) is 11.9 Å². The topological polar surface area (TPSA) is 60.3 Å². The molecular formula is C22H22N2O3. The van der Waals surface area contributed by atoms with Crippen LogP contribution in [0, 0.1) is 13.8 Å². The molecule has 0 aliphatic carbocycles. The molecule has 5 nitrogen and oxygen atoms in total. The lowest BCUT2D eigenvalue weighted by Gasteiger charge is -2.11. The fraction of sp³-hybridized carbons (Fsp3) is 0.182. The minimum Gasteiger partial charge on any atom is -0.497 e. The zero-order valence-corrected chi connectivity index (χ0v) is 15.7. The van der Waals surface area contributed by atoms with Crippen LogP contribution in [0.5, 0.6) is 5.75 Å². The Morgan fingerprint density at radius 2 is 1.81 bits per heavy atom. The number of aromatic nitrogens is 1. The van der Waals surface area contributed by atoms with E-state index < -0.39 is 5.91 Å². The van der Waals surface area contributed by atoms with Crippen LogP contribution in [0.15, 0.2) is 65.6 Å². The number of benzene rings is 2. The number of nitrogens with one attached hydrogen (secondary N) is 1. The Morgan fingerprint density at radius 3 is 2.48 bits per heavy atom. The molecule has 0 atom stereocenters. The molecule has 0 spiro atoms. The number of carbonyl (C=O) groups is 1. The van der Waals surface area contributed by atoms with E-state index in [1.165, 1.54) is 4.57 Å². The van der Waals surface area contributed by atoms with Crippen molar-refractivity contribution in [1.82, 2.24) is 4.57 Å². The summed E-state index contributed by atoms with van der Waals surface area (Å²) >= 11 is 0. The Labute approximate surface area is 158 Å². The summed E-state index contributed by atoms with van der Waals surface area (Å²) in [5.74, 6) is 0.351. The van der Waals surface area contributed by atoms with Gasteiger partial charge in [-0.05, 0) is 55.3 Å². The van der Waals surface area contributed by atoms with Crippen LogP contribution >= 0.6 is 0 Å². The van der Waals surface area contributed by atoms with Gasteiger partial charge < -0.3 is 14.6 Å². The third kappa shape index (κ3) is 4.26. The van der Waals surface area contributed by atoms with Gasteiger partial charge >= 0.3 is 0 Å². The number of pyridine rings is 1.